The largest absolute Gasteiger partial charge is 0.331 e. The highest BCUT2D eigenvalue weighted by molar-refractivity contribution is 6.01. The molecule has 6 heteroatoms. The van der Waals surface area contributed by atoms with Gasteiger partial charge in [0, 0.05) is 34.0 Å². The lowest BCUT2D eigenvalue weighted by atomic mass is 10.4. The second kappa shape index (κ2) is 4.08. The van der Waals surface area contributed by atoms with Gasteiger partial charge in [0.25, 0.3) is 11.8 Å². The molecule has 1 aliphatic heterocycles. The molecule has 0 aromatic rings. The molecule has 2 amide bonds. The van der Waals surface area contributed by atoms with Crippen molar-refractivity contribution in [1.82, 2.24) is 9.96 Å². The van der Waals surface area contributed by atoms with Gasteiger partial charge in [-0.3, -0.25) is 9.59 Å². The molecule has 1 heterocycles. The molecule has 78 valence electrons. The number of carbonyl (C=O) groups excluding carboxylic acids is 2. The van der Waals surface area contributed by atoms with Crippen molar-refractivity contribution in [2.45, 2.75) is 12.8 Å². The topological polar surface area (TPSA) is 62.2 Å². The molecule has 0 spiro atoms. The Hall–Kier alpha value is -1.59. The van der Waals surface area contributed by atoms with Crippen molar-refractivity contribution in [2.75, 3.05) is 21.1 Å². The number of hydrogen-bond donors (Lipinski definition) is 0. The fourth-order valence-corrected chi connectivity index (χ4v) is 1.06. The summed E-state index contributed by atoms with van der Waals surface area (Å²) in [5.41, 5.74) is 0. The van der Waals surface area contributed by atoms with Crippen molar-refractivity contribution in [2.24, 2.45) is 4.99 Å². The van der Waals surface area contributed by atoms with Gasteiger partial charge in [-0.05, 0) is 0 Å². The Morgan fingerprint density at radius 2 is 1.86 bits per heavy atom. The minimum atomic E-state index is -0.321. The maximum absolute atomic E-state index is 11.2. The van der Waals surface area contributed by atoms with E-state index in [2.05, 4.69) is 4.99 Å². The monoisotopic (exact) mass is 199 g/mol. The molecule has 0 unspecified atom stereocenters. The van der Waals surface area contributed by atoms with Crippen LogP contribution in [0.5, 0.6) is 0 Å². The Kier molecular flexibility index (Phi) is 3.06. The van der Waals surface area contributed by atoms with Crippen molar-refractivity contribution in [3.63, 3.8) is 0 Å². The molecule has 0 aromatic carbocycles. The summed E-state index contributed by atoms with van der Waals surface area (Å²) in [7, 11) is 4.96. The van der Waals surface area contributed by atoms with Gasteiger partial charge in [-0.2, -0.15) is 0 Å². The van der Waals surface area contributed by atoms with Gasteiger partial charge in [0.05, 0.1) is 0 Å². The molecule has 0 aromatic heterocycles. The van der Waals surface area contributed by atoms with Gasteiger partial charge in [-0.25, -0.2) is 4.99 Å². The third kappa shape index (κ3) is 2.01. The summed E-state index contributed by atoms with van der Waals surface area (Å²) in [4.78, 5) is 32.8. The first-order valence-electron chi connectivity index (χ1n) is 4.24. The van der Waals surface area contributed by atoms with E-state index >= 15 is 0 Å². The van der Waals surface area contributed by atoms with E-state index in [1.54, 1.807) is 19.0 Å². The van der Waals surface area contributed by atoms with Crippen LogP contribution >= 0.6 is 0 Å². The van der Waals surface area contributed by atoms with Crippen LogP contribution in [-0.2, 0) is 14.4 Å². The minimum absolute atomic E-state index is 0.212. The van der Waals surface area contributed by atoms with Crippen LogP contribution in [0.3, 0.4) is 0 Å². The zero-order chi connectivity index (χ0) is 10.7. The Morgan fingerprint density at radius 1 is 1.36 bits per heavy atom. The smallest absolute Gasteiger partial charge is 0.314 e. The van der Waals surface area contributed by atoms with E-state index in [1.807, 2.05) is 0 Å². The van der Waals surface area contributed by atoms with Crippen LogP contribution in [0.15, 0.2) is 4.99 Å². The van der Waals surface area contributed by atoms with E-state index in [9.17, 15) is 9.59 Å². The molecule has 6 nitrogen and oxygen atoms in total. The van der Waals surface area contributed by atoms with Crippen molar-refractivity contribution in [3.8, 4) is 0 Å². The summed E-state index contributed by atoms with van der Waals surface area (Å²) in [6, 6.07) is 0.230. The lowest BCUT2D eigenvalue weighted by Crippen LogP contribution is -2.37. The van der Waals surface area contributed by atoms with E-state index < -0.39 is 0 Å². The number of amidine groups is 1. The number of hydroxylamine groups is 2. The summed E-state index contributed by atoms with van der Waals surface area (Å²) in [5.74, 6) is -0.643. The molecular formula is C8H13N3O3. The normalized spacial score (nSPS) is 17.6. The standard InChI is InChI=1S/C8H13N3O3/c1-9-8(10(2)3)14-11-6(12)4-5-7(11)13/h4-5H2,1-3H3/b9-8-. The first-order valence-corrected chi connectivity index (χ1v) is 4.24. The van der Waals surface area contributed by atoms with Crippen LogP contribution in [0.1, 0.15) is 12.8 Å². The zero-order valence-corrected chi connectivity index (χ0v) is 8.48. The lowest BCUT2D eigenvalue weighted by molar-refractivity contribution is -0.168. The highest BCUT2D eigenvalue weighted by Gasteiger charge is 2.32. The SMILES string of the molecule is C/N=C(\ON1C(=O)CCC1=O)N(C)C. The summed E-state index contributed by atoms with van der Waals surface area (Å²) < 4.78 is 0. The third-order valence-electron chi connectivity index (χ3n) is 1.75. The van der Waals surface area contributed by atoms with Gasteiger partial charge in [0.1, 0.15) is 0 Å². The summed E-state index contributed by atoms with van der Waals surface area (Å²) >= 11 is 0. The molecule has 1 rings (SSSR count). The zero-order valence-electron chi connectivity index (χ0n) is 8.48. The minimum Gasteiger partial charge on any atom is -0.331 e. The van der Waals surface area contributed by atoms with E-state index in [1.165, 1.54) is 7.05 Å². The summed E-state index contributed by atoms with van der Waals surface area (Å²) in [6.07, 6.45) is 0.423. The highest BCUT2D eigenvalue weighted by atomic mass is 16.7. The van der Waals surface area contributed by atoms with Crippen LogP contribution < -0.4 is 0 Å². The third-order valence-corrected chi connectivity index (χ3v) is 1.75. The Labute approximate surface area is 82.1 Å². The number of carbonyl (C=O) groups is 2. The predicted molar refractivity (Wildman–Crippen MR) is 49.2 cm³/mol. The number of rotatable bonds is 1. The van der Waals surface area contributed by atoms with Crippen molar-refractivity contribution >= 4 is 17.8 Å². The first kappa shape index (κ1) is 10.5. The van der Waals surface area contributed by atoms with E-state index in [0.717, 1.165) is 5.06 Å². The average molecular weight is 199 g/mol. The predicted octanol–water partition coefficient (Wildman–Crippen LogP) is -0.386. The maximum atomic E-state index is 11.2. The van der Waals surface area contributed by atoms with Crippen LogP contribution in [0.4, 0.5) is 0 Å². The fourth-order valence-electron chi connectivity index (χ4n) is 1.06. The van der Waals surface area contributed by atoms with Gasteiger partial charge in [0.15, 0.2) is 0 Å². The second-order valence-corrected chi connectivity index (χ2v) is 3.07. The van der Waals surface area contributed by atoms with E-state index in [-0.39, 0.29) is 30.7 Å². The molecule has 0 radical (unpaired) electrons. The van der Waals surface area contributed by atoms with Crippen LogP contribution in [-0.4, -0.2) is 48.9 Å². The average Bonchev–Trinajstić information content (AvgIpc) is 2.43. The number of aliphatic imine (C=N–C) groups is 1. The van der Waals surface area contributed by atoms with E-state index in [0.29, 0.717) is 0 Å². The van der Waals surface area contributed by atoms with Crippen molar-refractivity contribution < 1.29 is 14.4 Å². The fraction of sp³-hybridized carbons (Fsp3) is 0.625. The van der Waals surface area contributed by atoms with Crippen molar-refractivity contribution in [3.05, 3.63) is 0 Å². The highest BCUT2D eigenvalue weighted by Crippen LogP contribution is 2.12. The van der Waals surface area contributed by atoms with Gasteiger partial charge in [-0.15, -0.1) is 5.06 Å². The van der Waals surface area contributed by atoms with Crippen LogP contribution in [0.25, 0.3) is 0 Å². The van der Waals surface area contributed by atoms with Crippen LogP contribution in [0.2, 0.25) is 0 Å². The molecule has 0 N–H and O–H groups in total. The quantitative estimate of drug-likeness (QED) is 0.328. The summed E-state index contributed by atoms with van der Waals surface area (Å²) in [6.45, 7) is 0. The Bertz CT molecular complexity index is 270. The number of nitrogens with zero attached hydrogens (tertiary/aromatic N) is 3. The maximum Gasteiger partial charge on any atom is 0.314 e. The van der Waals surface area contributed by atoms with Crippen LogP contribution in [0, 0.1) is 0 Å². The molecule has 1 saturated heterocycles. The molecule has 0 atom stereocenters. The lowest BCUT2D eigenvalue weighted by Gasteiger charge is -2.19. The van der Waals surface area contributed by atoms with Gasteiger partial charge < -0.3 is 9.74 Å². The molecule has 14 heavy (non-hydrogen) atoms. The Balaban J connectivity index is 2.67. The Morgan fingerprint density at radius 3 is 2.21 bits per heavy atom. The van der Waals surface area contributed by atoms with Gasteiger partial charge in [-0.1, -0.05) is 0 Å². The molecular weight excluding hydrogens is 186 g/mol. The number of imide groups is 1. The van der Waals surface area contributed by atoms with Crippen molar-refractivity contribution in [1.29, 1.82) is 0 Å². The second-order valence-electron chi connectivity index (χ2n) is 3.07. The van der Waals surface area contributed by atoms with E-state index in [4.69, 9.17) is 4.84 Å². The molecule has 1 aliphatic rings. The number of amides is 2. The summed E-state index contributed by atoms with van der Waals surface area (Å²) in [5, 5.41) is 0.766. The molecule has 0 bridgehead atoms. The molecule has 0 aliphatic carbocycles. The molecule has 0 saturated carbocycles. The van der Waals surface area contributed by atoms with Gasteiger partial charge in [0.2, 0.25) is 0 Å². The van der Waals surface area contributed by atoms with Gasteiger partial charge >= 0.3 is 6.02 Å². The number of hydrogen-bond acceptors (Lipinski definition) is 4. The first-order chi connectivity index (χ1) is 6.56. The molecule has 1 fully saturated rings.